The lowest BCUT2D eigenvalue weighted by atomic mass is 10.2. The molecule has 8 heteroatoms. The van der Waals surface area contributed by atoms with Gasteiger partial charge in [-0.3, -0.25) is 4.98 Å². The first-order valence-corrected chi connectivity index (χ1v) is 6.36. The van der Waals surface area contributed by atoms with Crippen molar-refractivity contribution in [1.29, 1.82) is 0 Å². The molecule has 112 valence electrons. The molecular weight excluding hydrogens is 305 g/mol. The van der Waals surface area contributed by atoms with E-state index in [-0.39, 0.29) is 16.8 Å². The molecular formula is C13H12ClF3N4. The second-order valence-electron chi connectivity index (χ2n) is 4.43. The topological polar surface area (TPSA) is 63.8 Å². The van der Waals surface area contributed by atoms with Gasteiger partial charge in [0.25, 0.3) is 0 Å². The van der Waals surface area contributed by atoms with Crippen molar-refractivity contribution in [2.24, 2.45) is 5.73 Å². The van der Waals surface area contributed by atoms with E-state index in [4.69, 9.17) is 17.3 Å². The summed E-state index contributed by atoms with van der Waals surface area (Å²) in [7, 11) is 0. The van der Waals surface area contributed by atoms with Gasteiger partial charge in [0.2, 0.25) is 0 Å². The fourth-order valence-corrected chi connectivity index (χ4v) is 1.83. The molecule has 1 atom stereocenters. The normalized spacial score (nSPS) is 13.0. The van der Waals surface area contributed by atoms with Crippen molar-refractivity contribution in [2.75, 3.05) is 5.32 Å². The Hall–Kier alpha value is -1.86. The van der Waals surface area contributed by atoms with Gasteiger partial charge in [0.15, 0.2) is 0 Å². The Morgan fingerprint density at radius 2 is 1.95 bits per heavy atom. The minimum atomic E-state index is -4.51. The van der Waals surface area contributed by atoms with Crippen molar-refractivity contribution < 1.29 is 13.2 Å². The van der Waals surface area contributed by atoms with Crippen LogP contribution < -0.4 is 11.1 Å². The van der Waals surface area contributed by atoms with Crippen molar-refractivity contribution in [3.05, 3.63) is 46.9 Å². The molecule has 0 aliphatic carbocycles. The summed E-state index contributed by atoms with van der Waals surface area (Å²) < 4.78 is 38.3. The molecule has 21 heavy (non-hydrogen) atoms. The zero-order chi connectivity index (χ0) is 15.6. The summed E-state index contributed by atoms with van der Waals surface area (Å²) in [4.78, 5) is 8.11. The Balaban J connectivity index is 2.24. The zero-order valence-corrected chi connectivity index (χ0v) is 11.7. The summed E-state index contributed by atoms with van der Waals surface area (Å²) >= 11 is 5.55. The second kappa shape index (κ2) is 5.87. The molecule has 0 fully saturated rings. The molecule has 0 amide bonds. The van der Waals surface area contributed by atoms with Gasteiger partial charge in [0, 0.05) is 11.7 Å². The first-order chi connectivity index (χ1) is 9.77. The predicted octanol–water partition coefficient (Wildman–Crippen LogP) is 3.91. The van der Waals surface area contributed by atoms with E-state index in [2.05, 4.69) is 15.3 Å². The largest absolute Gasteiger partial charge is 0.417 e. The monoisotopic (exact) mass is 316 g/mol. The summed E-state index contributed by atoms with van der Waals surface area (Å²) in [6.45, 7) is 1.76. The van der Waals surface area contributed by atoms with E-state index in [0.29, 0.717) is 11.5 Å². The van der Waals surface area contributed by atoms with Crippen LogP contribution in [0.1, 0.15) is 24.2 Å². The van der Waals surface area contributed by atoms with Crippen molar-refractivity contribution in [3.63, 3.8) is 0 Å². The average molecular weight is 317 g/mol. The number of anilines is 2. The van der Waals surface area contributed by atoms with Crippen LogP contribution in [0.25, 0.3) is 0 Å². The molecule has 2 rings (SSSR count). The SMILES string of the molecule is CC(N)c1cnc(Nc2ccc(Cl)c(C(F)(F)F)c2)cn1. The van der Waals surface area contributed by atoms with E-state index in [9.17, 15) is 13.2 Å². The molecule has 1 unspecified atom stereocenters. The van der Waals surface area contributed by atoms with Gasteiger partial charge in [-0.25, -0.2) is 4.98 Å². The van der Waals surface area contributed by atoms with E-state index < -0.39 is 11.7 Å². The molecule has 0 aliphatic rings. The number of rotatable bonds is 3. The molecule has 3 N–H and O–H groups in total. The fraction of sp³-hybridized carbons (Fsp3) is 0.231. The van der Waals surface area contributed by atoms with E-state index in [1.165, 1.54) is 24.5 Å². The Labute approximate surface area is 124 Å². The lowest BCUT2D eigenvalue weighted by Crippen LogP contribution is -2.09. The summed E-state index contributed by atoms with van der Waals surface area (Å²) in [6, 6.07) is 3.26. The molecule has 0 aliphatic heterocycles. The maximum absolute atomic E-state index is 12.8. The zero-order valence-electron chi connectivity index (χ0n) is 10.9. The number of alkyl halides is 3. The fourth-order valence-electron chi connectivity index (χ4n) is 1.61. The highest BCUT2D eigenvalue weighted by atomic mass is 35.5. The average Bonchev–Trinajstić information content (AvgIpc) is 2.40. The van der Waals surface area contributed by atoms with Crippen LogP contribution in [0, 0.1) is 0 Å². The van der Waals surface area contributed by atoms with Crippen LogP contribution in [-0.2, 0) is 6.18 Å². The number of halogens is 4. The molecule has 0 saturated heterocycles. The number of nitrogens with two attached hydrogens (primary N) is 1. The molecule has 0 bridgehead atoms. The van der Waals surface area contributed by atoms with E-state index >= 15 is 0 Å². The molecule has 1 aromatic heterocycles. The predicted molar refractivity (Wildman–Crippen MR) is 74.4 cm³/mol. The Kier molecular flexibility index (Phi) is 4.34. The van der Waals surface area contributed by atoms with Gasteiger partial charge in [0.05, 0.1) is 28.7 Å². The molecule has 1 heterocycles. The highest BCUT2D eigenvalue weighted by Crippen LogP contribution is 2.36. The Morgan fingerprint density at radius 3 is 2.48 bits per heavy atom. The number of nitrogens with one attached hydrogen (secondary N) is 1. The maximum atomic E-state index is 12.8. The van der Waals surface area contributed by atoms with Crippen molar-refractivity contribution in [1.82, 2.24) is 9.97 Å². The van der Waals surface area contributed by atoms with Crippen molar-refractivity contribution in [3.8, 4) is 0 Å². The number of nitrogens with zero attached hydrogens (tertiary/aromatic N) is 2. The van der Waals surface area contributed by atoms with Gasteiger partial charge in [-0.15, -0.1) is 0 Å². The van der Waals surface area contributed by atoms with Crippen molar-refractivity contribution in [2.45, 2.75) is 19.1 Å². The lowest BCUT2D eigenvalue weighted by Gasteiger charge is -2.12. The summed E-state index contributed by atoms with van der Waals surface area (Å²) in [5.41, 5.74) is 5.54. The summed E-state index contributed by atoms with van der Waals surface area (Å²) in [6.07, 6.45) is -1.65. The molecule has 0 saturated carbocycles. The van der Waals surface area contributed by atoms with Crippen molar-refractivity contribution >= 4 is 23.1 Å². The van der Waals surface area contributed by atoms with Gasteiger partial charge in [-0.2, -0.15) is 13.2 Å². The highest BCUT2D eigenvalue weighted by molar-refractivity contribution is 6.31. The molecule has 4 nitrogen and oxygen atoms in total. The summed E-state index contributed by atoms with van der Waals surface area (Å²) in [5, 5.41) is 2.38. The standard InChI is InChI=1S/C13H12ClF3N4/c1-7(18)11-5-20-12(6-19-11)21-8-2-3-10(14)9(4-8)13(15,16)17/h2-7H,18H2,1H3,(H,20,21). The van der Waals surface area contributed by atoms with Crippen LogP contribution in [0.2, 0.25) is 5.02 Å². The van der Waals surface area contributed by atoms with Crippen LogP contribution in [0.15, 0.2) is 30.6 Å². The van der Waals surface area contributed by atoms with E-state index in [0.717, 1.165) is 6.07 Å². The van der Waals surface area contributed by atoms with Crippen LogP contribution in [0.5, 0.6) is 0 Å². The van der Waals surface area contributed by atoms with Gasteiger partial charge < -0.3 is 11.1 Å². The number of benzene rings is 1. The van der Waals surface area contributed by atoms with Gasteiger partial charge in [-0.1, -0.05) is 11.6 Å². The smallest absolute Gasteiger partial charge is 0.339 e. The van der Waals surface area contributed by atoms with Gasteiger partial charge in [-0.05, 0) is 25.1 Å². The highest BCUT2D eigenvalue weighted by Gasteiger charge is 2.33. The third kappa shape index (κ3) is 3.83. The Morgan fingerprint density at radius 1 is 1.24 bits per heavy atom. The third-order valence-electron chi connectivity index (χ3n) is 2.68. The first kappa shape index (κ1) is 15.5. The Bertz CT molecular complexity index is 626. The van der Waals surface area contributed by atoms with Crippen LogP contribution in [-0.4, -0.2) is 9.97 Å². The lowest BCUT2D eigenvalue weighted by molar-refractivity contribution is -0.137. The molecule has 0 spiro atoms. The summed E-state index contributed by atoms with van der Waals surface area (Å²) in [5.74, 6) is 0.315. The number of hydrogen-bond acceptors (Lipinski definition) is 4. The molecule has 1 aromatic carbocycles. The van der Waals surface area contributed by atoms with Crippen LogP contribution in [0.4, 0.5) is 24.7 Å². The van der Waals surface area contributed by atoms with Crippen LogP contribution in [0.3, 0.4) is 0 Å². The quantitative estimate of drug-likeness (QED) is 0.901. The van der Waals surface area contributed by atoms with E-state index in [1.54, 1.807) is 6.92 Å². The second-order valence-corrected chi connectivity index (χ2v) is 4.84. The van der Waals surface area contributed by atoms with Gasteiger partial charge >= 0.3 is 6.18 Å². The minimum absolute atomic E-state index is 0.217. The maximum Gasteiger partial charge on any atom is 0.417 e. The number of aromatic nitrogens is 2. The third-order valence-corrected chi connectivity index (χ3v) is 3.01. The molecule has 2 aromatic rings. The minimum Gasteiger partial charge on any atom is -0.339 e. The number of hydrogen-bond donors (Lipinski definition) is 2. The van der Waals surface area contributed by atoms with E-state index in [1.807, 2.05) is 0 Å². The first-order valence-electron chi connectivity index (χ1n) is 5.98. The molecule has 0 radical (unpaired) electrons. The van der Waals surface area contributed by atoms with Gasteiger partial charge in [0.1, 0.15) is 5.82 Å². The van der Waals surface area contributed by atoms with Crippen LogP contribution >= 0.6 is 11.6 Å².